The van der Waals surface area contributed by atoms with Gasteiger partial charge in [-0.2, -0.15) is 0 Å². The number of anilines is 2. The Kier molecular flexibility index (Phi) is 4.60. The van der Waals surface area contributed by atoms with Crippen molar-refractivity contribution in [1.82, 2.24) is 4.90 Å². The van der Waals surface area contributed by atoms with Crippen LogP contribution in [0.5, 0.6) is 0 Å². The van der Waals surface area contributed by atoms with E-state index in [0.29, 0.717) is 43.2 Å². The first-order chi connectivity index (χ1) is 13.6. The molecule has 144 valence electrons. The van der Waals surface area contributed by atoms with Gasteiger partial charge in [-0.05, 0) is 24.3 Å². The molecular formula is C20H20N4O4. The summed E-state index contributed by atoms with van der Waals surface area (Å²) in [5, 5.41) is 14.9. The number of rotatable bonds is 4. The van der Waals surface area contributed by atoms with Gasteiger partial charge in [0, 0.05) is 50.4 Å². The van der Waals surface area contributed by atoms with Crippen LogP contribution < -0.4 is 10.2 Å². The third kappa shape index (κ3) is 3.24. The summed E-state index contributed by atoms with van der Waals surface area (Å²) < 4.78 is 5.68. The lowest BCUT2D eigenvalue weighted by Crippen LogP contribution is -2.48. The largest absolute Gasteiger partial charge is 0.451 e. The summed E-state index contributed by atoms with van der Waals surface area (Å²) in [4.78, 5) is 27.3. The second-order valence-electron chi connectivity index (χ2n) is 6.64. The molecule has 1 N–H and O–H groups in total. The lowest BCUT2D eigenvalue weighted by atomic mass is 10.2. The van der Waals surface area contributed by atoms with Crippen molar-refractivity contribution in [2.75, 3.05) is 43.4 Å². The molecule has 8 nitrogen and oxygen atoms in total. The molecule has 0 bridgehead atoms. The molecule has 2 heterocycles. The topological polar surface area (TPSA) is 91.9 Å². The molecule has 1 saturated heterocycles. The minimum atomic E-state index is -0.403. The Morgan fingerprint density at radius 2 is 1.86 bits per heavy atom. The molecule has 0 saturated carbocycles. The Bertz CT molecular complexity index is 1000. The van der Waals surface area contributed by atoms with Crippen molar-refractivity contribution >= 4 is 33.9 Å². The maximum absolute atomic E-state index is 12.8. The van der Waals surface area contributed by atoms with Crippen LogP contribution in [0.15, 0.2) is 52.9 Å². The van der Waals surface area contributed by atoms with Crippen LogP contribution in [-0.2, 0) is 0 Å². The number of piperazine rings is 1. The number of carbonyl (C=O) groups is 1. The Labute approximate surface area is 161 Å². The van der Waals surface area contributed by atoms with Crippen LogP contribution in [0.3, 0.4) is 0 Å². The van der Waals surface area contributed by atoms with Crippen LogP contribution in [0.1, 0.15) is 10.6 Å². The molecule has 3 aromatic rings. The molecule has 0 atom stereocenters. The molecule has 2 aromatic carbocycles. The van der Waals surface area contributed by atoms with Gasteiger partial charge in [0.05, 0.1) is 4.92 Å². The van der Waals surface area contributed by atoms with Gasteiger partial charge in [0.1, 0.15) is 11.3 Å². The summed E-state index contributed by atoms with van der Waals surface area (Å²) in [5.74, 6) is 0.234. The number of para-hydroxylation sites is 1. The molecule has 0 aliphatic carbocycles. The predicted octanol–water partition coefficient (Wildman–Crippen LogP) is 3.35. The second-order valence-corrected chi connectivity index (χ2v) is 6.64. The van der Waals surface area contributed by atoms with Crippen molar-refractivity contribution in [1.29, 1.82) is 0 Å². The zero-order valence-corrected chi connectivity index (χ0v) is 15.4. The molecule has 1 aliphatic heterocycles. The first-order valence-electron chi connectivity index (χ1n) is 9.06. The Morgan fingerprint density at radius 3 is 2.54 bits per heavy atom. The van der Waals surface area contributed by atoms with E-state index in [0.717, 1.165) is 11.1 Å². The molecule has 28 heavy (non-hydrogen) atoms. The fourth-order valence-corrected chi connectivity index (χ4v) is 3.49. The second kappa shape index (κ2) is 7.22. The van der Waals surface area contributed by atoms with Crippen LogP contribution in [-0.4, -0.2) is 49.0 Å². The number of nitrogens with one attached hydrogen (secondary N) is 1. The number of benzene rings is 2. The van der Waals surface area contributed by atoms with E-state index in [-0.39, 0.29) is 11.6 Å². The number of amides is 1. The average Bonchev–Trinajstić information content (AvgIpc) is 3.17. The Balaban J connectivity index is 1.45. The van der Waals surface area contributed by atoms with Gasteiger partial charge in [0.15, 0.2) is 5.76 Å². The number of fused-ring (bicyclic) bond motifs is 1. The molecule has 1 amide bonds. The van der Waals surface area contributed by atoms with Gasteiger partial charge >= 0.3 is 0 Å². The SMILES string of the molecule is CNc1cc(N2CCN(C(=O)c3cc4ccccc4o3)CC2)ccc1[N+](=O)[O-]. The number of hydrogen-bond acceptors (Lipinski definition) is 6. The molecule has 4 rings (SSSR count). The van der Waals surface area contributed by atoms with Gasteiger partial charge < -0.3 is 19.5 Å². The highest BCUT2D eigenvalue weighted by Gasteiger charge is 2.25. The highest BCUT2D eigenvalue weighted by Crippen LogP contribution is 2.30. The summed E-state index contributed by atoms with van der Waals surface area (Å²) in [6, 6.07) is 14.4. The molecule has 0 spiro atoms. The molecule has 0 radical (unpaired) electrons. The number of hydrogen-bond donors (Lipinski definition) is 1. The zero-order chi connectivity index (χ0) is 19.7. The standard InChI is InChI=1S/C20H20N4O4/c1-21-16-13-15(6-7-17(16)24(26)27)22-8-10-23(11-9-22)20(25)19-12-14-4-2-3-5-18(14)28-19/h2-7,12-13,21H,8-11H2,1H3. The van der Waals surface area contributed by atoms with Crippen LogP contribution in [0.2, 0.25) is 0 Å². The minimum absolute atomic E-state index is 0.0462. The lowest BCUT2D eigenvalue weighted by Gasteiger charge is -2.35. The predicted molar refractivity (Wildman–Crippen MR) is 107 cm³/mol. The van der Waals surface area contributed by atoms with Gasteiger partial charge in [-0.15, -0.1) is 0 Å². The van der Waals surface area contributed by atoms with Gasteiger partial charge in [-0.25, -0.2) is 0 Å². The first-order valence-corrected chi connectivity index (χ1v) is 9.06. The van der Waals surface area contributed by atoms with Crippen LogP contribution >= 0.6 is 0 Å². The zero-order valence-electron chi connectivity index (χ0n) is 15.4. The number of carbonyl (C=O) groups excluding carboxylic acids is 1. The number of nitro groups is 1. The third-order valence-electron chi connectivity index (χ3n) is 5.01. The van der Waals surface area contributed by atoms with Crippen molar-refractivity contribution in [3.63, 3.8) is 0 Å². The number of furan rings is 1. The Hall–Kier alpha value is -3.55. The number of nitro benzene ring substituents is 1. The van der Waals surface area contributed by atoms with Gasteiger partial charge in [-0.3, -0.25) is 14.9 Å². The van der Waals surface area contributed by atoms with Crippen LogP contribution in [0.25, 0.3) is 11.0 Å². The molecule has 0 unspecified atom stereocenters. The van der Waals surface area contributed by atoms with E-state index < -0.39 is 4.92 Å². The van der Waals surface area contributed by atoms with E-state index in [2.05, 4.69) is 10.2 Å². The van der Waals surface area contributed by atoms with Gasteiger partial charge in [0.25, 0.3) is 11.6 Å². The van der Waals surface area contributed by atoms with Crippen molar-refractivity contribution in [2.45, 2.75) is 0 Å². The van der Waals surface area contributed by atoms with E-state index in [4.69, 9.17) is 4.42 Å². The normalized spacial score (nSPS) is 14.3. The van der Waals surface area contributed by atoms with Crippen molar-refractivity contribution in [3.8, 4) is 0 Å². The maximum Gasteiger partial charge on any atom is 0.292 e. The van der Waals surface area contributed by atoms with Gasteiger partial charge in [0.2, 0.25) is 0 Å². The summed E-state index contributed by atoms with van der Waals surface area (Å²) in [6.07, 6.45) is 0. The average molecular weight is 380 g/mol. The number of nitrogens with zero attached hydrogens (tertiary/aromatic N) is 3. The van der Waals surface area contributed by atoms with E-state index in [1.54, 1.807) is 30.1 Å². The molecule has 1 fully saturated rings. The summed E-state index contributed by atoms with van der Waals surface area (Å²) in [6.45, 7) is 2.41. The lowest BCUT2D eigenvalue weighted by molar-refractivity contribution is -0.383. The minimum Gasteiger partial charge on any atom is -0.451 e. The third-order valence-corrected chi connectivity index (χ3v) is 5.01. The van der Waals surface area contributed by atoms with E-state index in [1.807, 2.05) is 24.3 Å². The van der Waals surface area contributed by atoms with Crippen molar-refractivity contribution in [2.24, 2.45) is 0 Å². The van der Waals surface area contributed by atoms with Crippen molar-refractivity contribution < 1.29 is 14.1 Å². The van der Waals surface area contributed by atoms with Crippen LogP contribution in [0, 0.1) is 10.1 Å². The molecule has 1 aromatic heterocycles. The summed E-state index contributed by atoms with van der Waals surface area (Å²) >= 11 is 0. The smallest absolute Gasteiger partial charge is 0.292 e. The van der Waals surface area contributed by atoms with E-state index in [9.17, 15) is 14.9 Å². The summed E-state index contributed by atoms with van der Waals surface area (Å²) in [7, 11) is 1.66. The highest BCUT2D eigenvalue weighted by atomic mass is 16.6. The fourth-order valence-electron chi connectivity index (χ4n) is 3.49. The molecular weight excluding hydrogens is 360 g/mol. The van der Waals surface area contributed by atoms with Crippen LogP contribution in [0.4, 0.5) is 17.1 Å². The monoisotopic (exact) mass is 380 g/mol. The molecule has 1 aliphatic rings. The quantitative estimate of drug-likeness (QED) is 0.551. The highest BCUT2D eigenvalue weighted by molar-refractivity contribution is 5.96. The van der Waals surface area contributed by atoms with E-state index in [1.165, 1.54) is 6.07 Å². The fraction of sp³-hybridized carbons (Fsp3) is 0.250. The molecule has 8 heteroatoms. The Morgan fingerprint density at radius 1 is 1.11 bits per heavy atom. The van der Waals surface area contributed by atoms with E-state index >= 15 is 0 Å². The maximum atomic E-state index is 12.8. The van der Waals surface area contributed by atoms with Gasteiger partial charge in [-0.1, -0.05) is 18.2 Å². The van der Waals surface area contributed by atoms with Crippen molar-refractivity contribution in [3.05, 3.63) is 64.4 Å². The first kappa shape index (κ1) is 17.8. The summed E-state index contributed by atoms with van der Waals surface area (Å²) in [5.41, 5.74) is 2.12.